The van der Waals surface area contributed by atoms with E-state index < -0.39 is 0 Å². The summed E-state index contributed by atoms with van der Waals surface area (Å²) in [7, 11) is 0. The van der Waals surface area contributed by atoms with Gasteiger partial charge < -0.3 is 9.80 Å². The number of hydrogen-bond donors (Lipinski definition) is 0. The minimum absolute atomic E-state index is 0.0100. The van der Waals surface area contributed by atoms with Crippen molar-refractivity contribution in [2.75, 3.05) is 9.80 Å². The Bertz CT molecular complexity index is 3420. The van der Waals surface area contributed by atoms with Crippen LogP contribution in [-0.2, 0) is 16.2 Å². The zero-order valence-electron chi connectivity index (χ0n) is 39.4. The Balaban J connectivity index is 1.19. The molecule has 9 aromatic rings. The molecule has 0 N–H and O–H groups in total. The van der Waals surface area contributed by atoms with Crippen molar-refractivity contribution in [3.63, 3.8) is 0 Å². The van der Waals surface area contributed by atoms with Crippen molar-refractivity contribution in [2.24, 2.45) is 0 Å². The summed E-state index contributed by atoms with van der Waals surface area (Å²) in [6.07, 6.45) is 0. The van der Waals surface area contributed by atoms with Crippen LogP contribution in [0.4, 0.5) is 34.1 Å². The Labute approximate surface area is 391 Å². The maximum absolute atomic E-state index is 2.63. The van der Waals surface area contributed by atoms with Crippen LogP contribution in [0.25, 0.3) is 44.2 Å². The van der Waals surface area contributed by atoms with E-state index in [-0.39, 0.29) is 23.0 Å². The normalized spacial score (nSPS) is 14.4. The van der Waals surface area contributed by atoms with Gasteiger partial charge in [-0.05, 0) is 131 Å². The van der Waals surface area contributed by atoms with Gasteiger partial charge in [0.05, 0.1) is 5.69 Å². The van der Waals surface area contributed by atoms with E-state index in [9.17, 15) is 0 Å². The van der Waals surface area contributed by atoms with Crippen LogP contribution in [-0.4, -0.2) is 6.71 Å². The van der Waals surface area contributed by atoms with Gasteiger partial charge in [0.15, 0.2) is 0 Å². The van der Waals surface area contributed by atoms with Crippen molar-refractivity contribution in [3.8, 4) is 33.4 Å². The number of nitrogens with zero attached hydrogens (tertiary/aromatic N) is 2. The van der Waals surface area contributed by atoms with E-state index >= 15 is 0 Å². The summed E-state index contributed by atoms with van der Waals surface area (Å²) in [6, 6.07) is 71.4. The molecule has 0 amide bonds. The fraction of sp³-hybridized carbons (Fsp3) is 0.175. The standard InChI is InChI=1S/C63H55BN2/c1-61(2,3)43-28-32-53-57(36-43)65(45-29-30-49-48-24-17-18-26-51(48)63(7,8)52(49)39-45)58-37-44(62(4,5)6)38-59-60(58)64(53)54-35-42(40-19-11-9-12-20-40)27-33-56(54)66(59)55-34-31-46(41-21-13-10-14-22-41)47-23-15-16-25-50(47)55/h9-39H,1-8H3. The predicted molar refractivity (Wildman–Crippen MR) is 284 cm³/mol. The zero-order chi connectivity index (χ0) is 45.3. The molecule has 3 aliphatic rings. The quantitative estimate of drug-likeness (QED) is 0.163. The van der Waals surface area contributed by atoms with E-state index in [1.165, 1.54) is 117 Å². The largest absolute Gasteiger partial charge is 0.311 e. The lowest BCUT2D eigenvalue weighted by Crippen LogP contribution is -2.61. The van der Waals surface area contributed by atoms with Gasteiger partial charge in [-0.2, -0.15) is 0 Å². The van der Waals surface area contributed by atoms with Crippen LogP contribution < -0.4 is 26.2 Å². The number of hydrogen-bond acceptors (Lipinski definition) is 2. The molecule has 0 bridgehead atoms. The third-order valence-electron chi connectivity index (χ3n) is 15.0. The lowest BCUT2D eigenvalue weighted by atomic mass is 9.33. The van der Waals surface area contributed by atoms with Crippen LogP contribution in [0.1, 0.15) is 77.6 Å². The molecule has 0 aromatic heterocycles. The first kappa shape index (κ1) is 40.4. The first-order valence-electron chi connectivity index (χ1n) is 23.7. The predicted octanol–water partition coefficient (Wildman–Crippen LogP) is 15.2. The Morgan fingerprint density at radius 1 is 0.379 bits per heavy atom. The molecule has 66 heavy (non-hydrogen) atoms. The molecule has 0 fully saturated rings. The van der Waals surface area contributed by atoms with Gasteiger partial charge in [0.25, 0.3) is 6.71 Å². The molecular formula is C63H55BN2. The molecule has 320 valence electrons. The Morgan fingerprint density at radius 2 is 0.970 bits per heavy atom. The van der Waals surface area contributed by atoms with E-state index in [4.69, 9.17) is 0 Å². The summed E-state index contributed by atoms with van der Waals surface area (Å²) in [5.41, 5.74) is 24.0. The monoisotopic (exact) mass is 850 g/mol. The van der Waals surface area contributed by atoms with E-state index in [0.29, 0.717) is 0 Å². The van der Waals surface area contributed by atoms with E-state index in [0.717, 1.165) is 0 Å². The number of benzene rings is 9. The topological polar surface area (TPSA) is 6.48 Å². The third kappa shape index (κ3) is 6.09. The van der Waals surface area contributed by atoms with Crippen molar-refractivity contribution in [3.05, 3.63) is 210 Å². The van der Waals surface area contributed by atoms with Crippen molar-refractivity contribution in [2.45, 2.75) is 71.6 Å². The van der Waals surface area contributed by atoms with Crippen molar-refractivity contribution in [1.82, 2.24) is 0 Å². The molecule has 2 aliphatic heterocycles. The maximum Gasteiger partial charge on any atom is 0.252 e. The van der Waals surface area contributed by atoms with Gasteiger partial charge in [0.2, 0.25) is 0 Å². The van der Waals surface area contributed by atoms with E-state index in [1.807, 2.05) is 0 Å². The van der Waals surface area contributed by atoms with Gasteiger partial charge in [-0.3, -0.25) is 0 Å². The molecule has 2 nitrogen and oxygen atoms in total. The molecule has 9 aromatic carbocycles. The van der Waals surface area contributed by atoms with E-state index in [1.54, 1.807) is 0 Å². The first-order chi connectivity index (χ1) is 31.8. The van der Waals surface area contributed by atoms with Gasteiger partial charge >= 0.3 is 0 Å². The summed E-state index contributed by atoms with van der Waals surface area (Å²) in [6.45, 7) is 18.9. The number of anilines is 6. The van der Waals surface area contributed by atoms with Crippen LogP contribution in [0.2, 0.25) is 0 Å². The smallest absolute Gasteiger partial charge is 0.252 e. The van der Waals surface area contributed by atoms with Gasteiger partial charge in [-0.15, -0.1) is 0 Å². The minimum atomic E-state index is -0.139. The summed E-state index contributed by atoms with van der Waals surface area (Å²) in [5, 5.41) is 2.48. The highest BCUT2D eigenvalue weighted by atomic mass is 15.2. The lowest BCUT2D eigenvalue weighted by molar-refractivity contribution is 0.590. The molecule has 12 rings (SSSR count). The molecule has 0 radical (unpaired) electrons. The van der Waals surface area contributed by atoms with Gasteiger partial charge in [-0.1, -0.05) is 201 Å². The van der Waals surface area contributed by atoms with Crippen LogP contribution in [0, 0.1) is 0 Å². The molecule has 1 aliphatic carbocycles. The minimum Gasteiger partial charge on any atom is -0.311 e. The highest BCUT2D eigenvalue weighted by molar-refractivity contribution is 7.00. The number of rotatable bonds is 4. The summed E-state index contributed by atoms with van der Waals surface area (Å²) in [4.78, 5) is 5.25. The zero-order valence-corrected chi connectivity index (χ0v) is 39.4. The third-order valence-corrected chi connectivity index (χ3v) is 15.0. The second-order valence-electron chi connectivity index (χ2n) is 21.4. The van der Waals surface area contributed by atoms with Gasteiger partial charge in [-0.25, -0.2) is 0 Å². The molecule has 0 spiro atoms. The van der Waals surface area contributed by atoms with Crippen molar-refractivity contribution < 1.29 is 0 Å². The maximum atomic E-state index is 2.63. The molecular weight excluding hydrogens is 796 g/mol. The summed E-state index contributed by atoms with van der Waals surface area (Å²) in [5.74, 6) is 0. The SMILES string of the molecule is CC(C)(C)c1ccc2c(c1)N(c1ccc3c(c1)C(C)(C)c1ccccc1-3)c1cc(C(C)(C)C)cc3c1B2c1cc(-c2ccccc2)ccc1N3c1ccc(-c2ccccc2)c2ccccc12. The number of fused-ring (bicyclic) bond motifs is 8. The van der Waals surface area contributed by atoms with Crippen LogP contribution in [0.3, 0.4) is 0 Å². The Kier molecular flexibility index (Phi) is 8.85. The Morgan fingerprint density at radius 3 is 1.70 bits per heavy atom. The molecule has 0 saturated carbocycles. The second kappa shape index (κ2) is 14.5. The fourth-order valence-electron chi connectivity index (χ4n) is 11.4. The van der Waals surface area contributed by atoms with Crippen molar-refractivity contribution >= 4 is 68.0 Å². The second-order valence-corrected chi connectivity index (χ2v) is 21.4. The lowest BCUT2D eigenvalue weighted by Gasteiger charge is -2.46. The fourth-order valence-corrected chi connectivity index (χ4v) is 11.4. The Hall–Kier alpha value is -7.10. The van der Waals surface area contributed by atoms with E-state index in [2.05, 4.69) is 253 Å². The van der Waals surface area contributed by atoms with Crippen molar-refractivity contribution in [1.29, 1.82) is 0 Å². The van der Waals surface area contributed by atoms with Crippen LogP contribution in [0.5, 0.6) is 0 Å². The molecule has 3 heteroatoms. The molecule has 0 atom stereocenters. The summed E-state index contributed by atoms with van der Waals surface area (Å²) < 4.78 is 0. The molecule has 0 saturated heterocycles. The van der Waals surface area contributed by atoms with Gasteiger partial charge in [0, 0.05) is 39.2 Å². The highest BCUT2D eigenvalue weighted by Gasteiger charge is 2.45. The molecule has 0 unspecified atom stereocenters. The average Bonchev–Trinajstić information content (AvgIpc) is 3.55. The van der Waals surface area contributed by atoms with Gasteiger partial charge in [0.1, 0.15) is 0 Å². The molecule has 2 heterocycles. The van der Waals surface area contributed by atoms with Crippen LogP contribution in [0.15, 0.2) is 188 Å². The first-order valence-corrected chi connectivity index (χ1v) is 23.7. The van der Waals surface area contributed by atoms with Crippen LogP contribution >= 0.6 is 0 Å². The summed E-state index contributed by atoms with van der Waals surface area (Å²) >= 11 is 0. The average molecular weight is 851 g/mol. The highest BCUT2D eigenvalue weighted by Crippen LogP contribution is 2.53.